The quantitative estimate of drug-likeness (QED) is 0.263. The predicted molar refractivity (Wildman–Crippen MR) is 151 cm³/mol. The maximum atomic E-state index is 13.8. The van der Waals surface area contributed by atoms with Gasteiger partial charge in [0.2, 0.25) is 5.91 Å². The van der Waals surface area contributed by atoms with Crippen LogP contribution in [0.2, 0.25) is 0 Å². The van der Waals surface area contributed by atoms with E-state index in [4.69, 9.17) is 5.73 Å². The molecule has 2 unspecified atom stereocenters. The molecule has 1 aliphatic heterocycles. The van der Waals surface area contributed by atoms with Crippen LogP contribution in [-0.4, -0.2) is 36.1 Å². The van der Waals surface area contributed by atoms with Crippen LogP contribution in [0.1, 0.15) is 35.4 Å². The fourth-order valence-electron chi connectivity index (χ4n) is 5.05. The molecule has 0 radical (unpaired) electrons. The molecular weight excluding hydrogens is 603 g/mol. The largest absolute Gasteiger partial charge is 0.481 e. The zero-order valence-electron chi connectivity index (χ0n) is 20.7. The van der Waals surface area contributed by atoms with E-state index in [-0.39, 0.29) is 18.9 Å². The molecule has 1 aliphatic rings. The number of carbonyl (C=O) groups is 2. The molecule has 1 fully saturated rings. The van der Waals surface area contributed by atoms with Crippen molar-refractivity contribution in [2.75, 3.05) is 18.0 Å². The zero-order chi connectivity index (χ0) is 27.2. The van der Waals surface area contributed by atoms with Crippen LogP contribution < -0.4 is 16.0 Å². The van der Waals surface area contributed by atoms with Gasteiger partial charge in [0, 0.05) is 53.3 Å². The van der Waals surface area contributed by atoms with Crippen LogP contribution in [-0.2, 0) is 22.6 Å². The number of nitrogens with zero attached hydrogens (tertiary/aromatic N) is 1. The van der Waals surface area contributed by atoms with Crippen molar-refractivity contribution in [2.45, 2.75) is 37.8 Å². The molecular formula is C29H30F2IN3O3. The summed E-state index contributed by atoms with van der Waals surface area (Å²) in [5.74, 6) is -3.98. The van der Waals surface area contributed by atoms with Crippen LogP contribution in [0, 0.1) is 21.1 Å². The molecule has 3 atom stereocenters. The number of hydrogen-bond acceptors (Lipinski definition) is 4. The molecule has 38 heavy (non-hydrogen) atoms. The predicted octanol–water partition coefficient (Wildman–Crippen LogP) is 4.84. The third-order valence-corrected chi connectivity index (χ3v) is 7.54. The highest BCUT2D eigenvalue weighted by atomic mass is 127. The number of rotatable bonds is 11. The summed E-state index contributed by atoms with van der Waals surface area (Å²) in [6, 6.07) is 17.4. The van der Waals surface area contributed by atoms with Crippen molar-refractivity contribution < 1.29 is 23.5 Å². The van der Waals surface area contributed by atoms with E-state index in [1.165, 1.54) is 12.1 Å². The second kappa shape index (κ2) is 12.8. The van der Waals surface area contributed by atoms with Crippen LogP contribution in [0.4, 0.5) is 14.5 Å². The van der Waals surface area contributed by atoms with Gasteiger partial charge < -0.3 is 21.1 Å². The number of hydrogen-bond donors (Lipinski definition) is 3. The first-order chi connectivity index (χ1) is 18.2. The van der Waals surface area contributed by atoms with E-state index in [9.17, 15) is 23.5 Å². The van der Waals surface area contributed by atoms with Crippen LogP contribution in [0.3, 0.4) is 0 Å². The molecule has 0 aromatic heterocycles. The second-order valence-electron chi connectivity index (χ2n) is 9.63. The molecule has 0 saturated carbocycles. The zero-order valence-corrected chi connectivity index (χ0v) is 22.9. The number of aliphatic carboxylic acids is 1. The first kappa shape index (κ1) is 28.1. The standard InChI is InChI=1S/C29H30F2IN3O3/c30-21-11-19(12-22(31)15-21)14-26(33)25(17-34-16-18-3-1-4-23(32)13-18)28(29(37)38)20-6-8-24(9-7-20)35-10-2-5-27(35)36/h1,3-4,6-9,11-13,15,25-26,28,34H,2,5,10,14,16-17,33H2,(H,37,38)/t25?,26?,28-/m1/s1. The summed E-state index contributed by atoms with van der Waals surface area (Å²) in [7, 11) is 0. The first-order valence-electron chi connectivity index (χ1n) is 12.5. The van der Waals surface area contributed by atoms with Gasteiger partial charge in [-0.25, -0.2) is 8.78 Å². The minimum Gasteiger partial charge on any atom is -0.481 e. The fraction of sp³-hybridized carbons (Fsp3) is 0.310. The van der Waals surface area contributed by atoms with E-state index in [0.717, 1.165) is 27.3 Å². The maximum Gasteiger partial charge on any atom is 0.311 e. The van der Waals surface area contributed by atoms with Gasteiger partial charge in [-0.2, -0.15) is 0 Å². The third kappa shape index (κ3) is 7.15. The number of carbonyl (C=O) groups excluding carboxylic acids is 1. The van der Waals surface area contributed by atoms with E-state index < -0.39 is 35.5 Å². The molecule has 1 amide bonds. The van der Waals surface area contributed by atoms with Crippen molar-refractivity contribution in [1.29, 1.82) is 0 Å². The van der Waals surface area contributed by atoms with Gasteiger partial charge in [0.15, 0.2) is 0 Å². The maximum absolute atomic E-state index is 13.8. The van der Waals surface area contributed by atoms with E-state index in [0.29, 0.717) is 30.6 Å². The highest BCUT2D eigenvalue weighted by Gasteiger charge is 2.34. The second-order valence-corrected chi connectivity index (χ2v) is 10.9. The van der Waals surface area contributed by atoms with Crippen molar-refractivity contribution in [3.05, 3.63) is 98.6 Å². The van der Waals surface area contributed by atoms with Crippen LogP contribution in [0.15, 0.2) is 66.7 Å². The van der Waals surface area contributed by atoms with Gasteiger partial charge in [-0.15, -0.1) is 0 Å². The lowest BCUT2D eigenvalue weighted by Gasteiger charge is -2.30. The summed E-state index contributed by atoms with van der Waals surface area (Å²) >= 11 is 2.23. The molecule has 3 aromatic carbocycles. The molecule has 1 heterocycles. The smallest absolute Gasteiger partial charge is 0.311 e. The van der Waals surface area contributed by atoms with Gasteiger partial charge in [0.1, 0.15) is 11.6 Å². The topological polar surface area (TPSA) is 95.7 Å². The van der Waals surface area contributed by atoms with Crippen molar-refractivity contribution in [2.24, 2.45) is 11.7 Å². The number of benzene rings is 3. The number of amides is 1. The molecule has 4 N–H and O–H groups in total. The number of carboxylic acid groups (broad SMARTS) is 1. The molecule has 0 bridgehead atoms. The normalized spacial score (nSPS) is 15.9. The summed E-state index contributed by atoms with van der Waals surface area (Å²) in [5, 5.41) is 13.6. The van der Waals surface area contributed by atoms with E-state index in [1.54, 1.807) is 29.2 Å². The molecule has 0 spiro atoms. The Morgan fingerprint density at radius 3 is 2.37 bits per heavy atom. The summed E-state index contributed by atoms with van der Waals surface area (Å²) in [4.78, 5) is 26.4. The van der Waals surface area contributed by atoms with Crippen molar-refractivity contribution in [1.82, 2.24) is 5.32 Å². The van der Waals surface area contributed by atoms with Crippen molar-refractivity contribution in [3.63, 3.8) is 0 Å². The monoisotopic (exact) mass is 633 g/mol. The lowest BCUT2D eigenvalue weighted by molar-refractivity contribution is -0.140. The van der Waals surface area contributed by atoms with Gasteiger partial charge in [-0.3, -0.25) is 9.59 Å². The van der Waals surface area contributed by atoms with Gasteiger partial charge in [0.25, 0.3) is 0 Å². The Morgan fingerprint density at radius 2 is 1.76 bits per heavy atom. The molecule has 6 nitrogen and oxygen atoms in total. The van der Waals surface area contributed by atoms with Crippen LogP contribution in [0.5, 0.6) is 0 Å². The Kier molecular flexibility index (Phi) is 9.45. The number of carboxylic acids is 1. The lowest BCUT2D eigenvalue weighted by atomic mass is 9.79. The highest BCUT2D eigenvalue weighted by molar-refractivity contribution is 14.1. The average molecular weight is 633 g/mol. The van der Waals surface area contributed by atoms with Gasteiger partial charge in [-0.1, -0.05) is 24.3 Å². The highest BCUT2D eigenvalue weighted by Crippen LogP contribution is 2.31. The number of nitrogens with two attached hydrogens (primary N) is 1. The summed E-state index contributed by atoms with van der Waals surface area (Å²) in [6.45, 7) is 1.42. The Hall–Kier alpha value is -2.89. The minimum atomic E-state index is -1.04. The Labute approximate surface area is 234 Å². The van der Waals surface area contributed by atoms with Crippen molar-refractivity contribution in [3.8, 4) is 0 Å². The summed E-state index contributed by atoms with van der Waals surface area (Å²) in [5.41, 5.74) is 9.27. The third-order valence-electron chi connectivity index (χ3n) is 6.87. The van der Waals surface area contributed by atoms with Gasteiger partial charge >= 0.3 is 5.97 Å². The molecule has 9 heteroatoms. The number of anilines is 1. The SMILES string of the molecule is NC(Cc1cc(F)cc(F)c1)C(CNCc1cccc(I)c1)[C@H](C(=O)O)c1ccc(N2CCCC2=O)cc1. The van der Waals surface area contributed by atoms with E-state index in [1.807, 2.05) is 24.3 Å². The Balaban J connectivity index is 1.59. The van der Waals surface area contributed by atoms with Crippen molar-refractivity contribution >= 4 is 40.2 Å². The van der Waals surface area contributed by atoms with Crippen LogP contribution in [0.25, 0.3) is 0 Å². The molecule has 3 aromatic rings. The van der Waals surface area contributed by atoms with E-state index >= 15 is 0 Å². The molecule has 1 saturated heterocycles. The summed E-state index contributed by atoms with van der Waals surface area (Å²) < 4.78 is 28.8. The summed E-state index contributed by atoms with van der Waals surface area (Å²) in [6.07, 6.45) is 1.40. The lowest BCUT2D eigenvalue weighted by Crippen LogP contribution is -2.44. The first-order valence-corrected chi connectivity index (χ1v) is 13.6. The Bertz CT molecular complexity index is 1270. The Morgan fingerprint density at radius 1 is 1.05 bits per heavy atom. The molecule has 4 rings (SSSR count). The fourth-order valence-corrected chi connectivity index (χ4v) is 5.66. The van der Waals surface area contributed by atoms with Gasteiger partial charge in [0.05, 0.1) is 5.92 Å². The minimum absolute atomic E-state index is 0.0505. The number of halogens is 3. The van der Waals surface area contributed by atoms with E-state index in [2.05, 4.69) is 27.9 Å². The van der Waals surface area contributed by atoms with Crippen LogP contribution >= 0.6 is 22.6 Å². The average Bonchev–Trinajstić information content (AvgIpc) is 3.28. The number of nitrogens with one attached hydrogen (secondary N) is 1. The molecule has 0 aliphatic carbocycles. The van der Waals surface area contributed by atoms with Gasteiger partial charge in [-0.05, 0) is 88.5 Å². The molecule has 200 valence electrons.